The van der Waals surface area contributed by atoms with Crippen molar-refractivity contribution in [3.05, 3.63) is 60.1 Å². The van der Waals surface area contributed by atoms with Crippen LogP contribution in [0.2, 0.25) is 0 Å². The number of rotatable bonds is 5. The first-order chi connectivity index (χ1) is 8.57. The van der Waals surface area contributed by atoms with E-state index in [4.69, 9.17) is 4.42 Å². The summed E-state index contributed by atoms with van der Waals surface area (Å²) < 4.78 is 31.7. The van der Waals surface area contributed by atoms with Gasteiger partial charge in [0.25, 0.3) is 0 Å². The number of nitrogens with one attached hydrogen (secondary N) is 1. The van der Waals surface area contributed by atoms with Crippen LogP contribution in [0.5, 0.6) is 0 Å². The molecule has 0 amide bonds. The number of sulfonamides is 1. The van der Waals surface area contributed by atoms with Crippen molar-refractivity contribution in [3.63, 3.8) is 0 Å². The Kier molecular flexibility index (Phi) is 3.84. The zero-order chi connectivity index (χ0) is 13.0. The van der Waals surface area contributed by atoms with E-state index in [2.05, 4.69) is 4.72 Å². The van der Waals surface area contributed by atoms with Crippen LogP contribution in [0.4, 0.5) is 0 Å². The molecular weight excluding hydrogens is 250 g/mol. The fourth-order valence-corrected chi connectivity index (χ4v) is 3.07. The molecule has 1 N–H and O–H groups in total. The molecular formula is C13H15NO3S. The van der Waals surface area contributed by atoms with Gasteiger partial charge in [0.05, 0.1) is 18.1 Å². The number of benzene rings is 1. The Hall–Kier alpha value is -1.59. The van der Waals surface area contributed by atoms with E-state index in [9.17, 15) is 8.42 Å². The third-order valence-corrected chi connectivity index (χ3v) is 3.95. The number of hydrogen-bond acceptors (Lipinski definition) is 3. The molecule has 1 heterocycles. The SMILES string of the molecule is C[C@@H](NS(=O)(=O)Cc1ccccc1)c1ccco1. The summed E-state index contributed by atoms with van der Waals surface area (Å²) in [6.45, 7) is 1.75. The number of hydrogen-bond donors (Lipinski definition) is 1. The van der Waals surface area contributed by atoms with Crippen LogP contribution >= 0.6 is 0 Å². The molecule has 5 heteroatoms. The van der Waals surface area contributed by atoms with E-state index in [1.165, 1.54) is 6.26 Å². The molecule has 0 saturated heterocycles. The van der Waals surface area contributed by atoms with Crippen molar-refractivity contribution < 1.29 is 12.8 Å². The summed E-state index contributed by atoms with van der Waals surface area (Å²) in [5, 5.41) is 0. The van der Waals surface area contributed by atoms with E-state index in [1.54, 1.807) is 31.2 Å². The third kappa shape index (κ3) is 3.45. The van der Waals surface area contributed by atoms with Gasteiger partial charge in [-0.1, -0.05) is 30.3 Å². The molecule has 96 valence electrons. The second-order valence-electron chi connectivity index (χ2n) is 4.10. The first-order valence-corrected chi connectivity index (χ1v) is 7.29. The molecule has 0 saturated carbocycles. The fraction of sp³-hybridized carbons (Fsp3) is 0.231. The summed E-state index contributed by atoms with van der Waals surface area (Å²) >= 11 is 0. The minimum absolute atomic E-state index is 0.0289. The predicted octanol–water partition coefficient (Wildman–Crippen LogP) is 2.46. The quantitative estimate of drug-likeness (QED) is 0.903. The Bertz CT molecular complexity index is 576. The highest BCUT2D eigenvalue weighted by molar-refractivity contribution is 7.88. The molecule has 0 aliphatic rings. The largest absolute Gasteiger partial charge is 0.468 e. The second kappa shape index (κ2) is 5.37. The van der Waals surface area contributed by atoms with Gasteiger partial charge in [-0.15, -0.1) is 0 Å². The minimum atomic E-state index is -3.37. The van der Waals surface area contributed by atoms with E-state index in [0.717, 1.165) is 5.56 Å². The van der Waals surface area contributed by atoms with Crippen molar-refractivity contribution in [1.82, 2.24) is 4.72 Å². The van der Waals surface area contributed by atoms with Crippen LogP contribution in [-0.4, -0.2) is 8.42 Å². The maximum absolute atomic E-state index is 12.0. The van der Waals surface area contributed by atoms with Crippen LogP contribution in [-0.2, 0) is 15.8 Å². The normalized spacial score (nSPS) is 13.4. The molecule has 0 aliphatic carbocycles. The highest BCUT2D eigenvalue weighted by Gasteiger charge is 2.17. The Labute approximate surface area is 107 Å². The second-order valence-corrected chi connectivity index (χ2v) is 5.85. The zero-order valence-corrected chi connectivity index (χ0v) is 10.9. The average molecular weight is 265 g/mol. The summed E-state index contributed by atoms with van der Waals surface area (Å²) in [7, 11) is -3.37. The molecule has 2 rings (SSSR count). The van der Waals surface area contributed by atoms with Gasteiger partial charge < -0.3 is 4.42 Å². The van der Waals surface area contributed by atoms with Crippen LogP contribution in [0, 0.1) is 0 Å². The van der Waals surface area contributed by atoms with Crippen molar-refractivity contribution in [3.8, 4) is 0 Å². The van der Waals surface area contributed by atoms with Gasteiger partial charge in [0.2, 0.25) is 10.0 Å². The lowest BCUT2D eigenvalue weighted by molar-refractivity contribution is 0.459. The predicted molar refractivity (Wildman–Crippen MR) is 69.3 cm³/mol. The van der Waals surface area contributed by atoms with E-state index in [1.807, 2.05) is 18.2 Å². The van der Waals surface area contributed by atoms with E-state index in [0.29, 0.717) is 5.76 Å². The molecule has 1 atom stereocenters. The molecule has 0 spiro atoms. The standard InChI is InChI=1S/C13H15NO3S/c1-11(13-8-5-9-17-13)14-18(15,16)10-12-6-3-2-4-7-12/h2-9,11,14H,10H2,1H3/t11-/m1/s1. The summed E-state index contributed by atoms with van der Waals surface area (Å²) in [5.41, 5.74) is 0.761. The number of furan rings is 1. The molecule has 1 aromatic heterocycles. The lowest BCUT2D eigenvalue weighted by Crippen LogP contribution is -2.27. The van der Waals surface area contributed by atoms with Gasteiger partial charge in [-0.05, 0) is 24.6 Å². The van der Waals surface area contributed by atoms with E-state index in [-0.39, 0.29) is 11.8 Å². The lowest BCUT2D eigenvalue weighted by Gasteiger charge is -2.11. The van der Waals surface area contributed by atoms with Gasteiger partial charge in [0.15, 0.2) is 0 Å². The van der Waals surface area contributed by atoms with Gasteiger partial charge in [-0.3, -0.25) is 0 Å². The lowest BCUT2D eigenvalue weighted by atomic mass is 10.2. The van der Waals surface area contributed by atoms with Gasteiger partial charge in [0, 0.05) is 0 Å². The van der Waals surface area contributed by atoms with Crippen molar-refractivity contribution in [1.29, 1.82) is 0 Å². The van der Waals surface area contributed by atoms with Crippen LogP contribution in [0.15, 0.2) is 53.1 Å². The Morgan fingerprint density at radius 1 is 1.17 bits per heavy atom. The van der Waals surface area contributed by atoms with Gasteiger partial charge >= 0.3 is 0 Å². The van der Waals surface area contributed by atoms with Crippen LogP contribution in [0.1, 0.15) is 24.3 Å². The first-order valence-electron chi connectivity index (χ1n) is 5.64. The first kappa shape index (κ1) is 12.9. The average Bonchev–Trinajstić information content (AvgIpc) is 2.82. The van der Waals surface area contributed by atoms with Gasteiger partial charge in [-0.2, -0.15) is 0 Å². The Morgan fingerprint density at radius 3 is 2.50 bits per heavy atom. The highest BCUT2D eigenvalue weighted by atomic mass is 32.2. The summed E-state index contributed by atoms with van der Waals surface area (Å²) in [5.74, 6) is 0.574. The van der Waals surface area contributed by atoms with E-state index >= 15 is 0 Å². The summed E-state index contributed by atoms with van der Waals surface area (Å²) in [6.07, 6.45) is 1.53. The summed E-state index contributed by atoms with van der Waals surface area (Å²) in [4.78, 5) is 0. The maximum Gasteiger partial charge on any atom is 0.216 e. The molecule has 4 nitrogen and oxygen atoms in total. The molecule has 0 radical (unpaired) electrons. The molecule has 0 aliphatic heterocycles. The van der Waals surface area contributed by atoms with E-state index < -0.39 is 10.0 Å². The Balaban J connectivity index is 2.04. The Morgan fingerprint density at radius 2 is 1.89 bits per heavy atom. The molecule has 18 heavy (non-hydrogen) atoms. The maximum atomic E-state index is 12.0. The van der Waals surface area contributed by atoms with Crippen molar-refractivity contribution >= 4 is 10.0 Å². The minimum Gasteiger partial charge on any atom is -0.468 e. The topological polar surface area (TPSA) is 59.3 Å². The van der Waals surface area contributed by atoms with Crippen LogP contribution < -0.4 is 4.72 Å². The van der Waals surface area contributed by atoms with Crippen molar-refractivity contribution in [2.45, 2.75) is 18.7 Å². The molecule has 2 aromatic rings. The van der Waals surface area contributed by atoms with Crippen molar-refractivity contribution in [2.24, 2.45) is 0 Å². The van der Waals surface area contributed by atoms with Crippen LogP contribution in [0.25, 0.3) is 0 Å². The van der Waals surface area contributed by atoms with Crippen molar-refractivity contribution in [2.75, 3.05) is 0 Å². The van der Waals surface area contributed by atoms with Gasteiger partial charge in [-0.25, -0.2) is 13.1 Å². The smallest absolute Gasteiger partial charge is 0.216 e. The molecule has 0 fully saturated rings. The van der Waals surface area contributed by atoms with Gasteiger partial charge in [0.1, 0.15) is 5.76 Å². The monoisotopic (exact) mass is 265 g/mol. The fourth-order valence-electron chi connectivity index (χ4n) is 1.70. The zero-order valence-electron chi connectivity index (χ0n) is 10.0. The molecule has 1 aromatic carbocycles. The van der Waals surface area contributed by atoms with Crippen LogP contribution in [0.3, 0.4) is 0 Å². The highest BCUT2D eigenvalue weighted by Crippen LogP contribution is 2.15. The molecule has 0 bridgehead atoms. The summed E-state index contributed by atoms with van der Waals surface area (Å²) in [6, 6.07) is 12.2. The third-order valence-electron chi connectivity index (χ3n) is 2.53. The molecule has 0 unspecified atom stereocenters.